The van der Waals surface area contributed by atoms with Gasteiger partial charge in [0.15, 0.2) is 0 Å². The third-order valence-electron chi connectivity index (χ3n) is 9.86. The number of amides is 2. The maximum Gasteiger partial charge on any atom is 0.416 e. The average molecular weight is 737 g/mol. The lowest BCUT2D eigenvalue weighted by Crippen LogP contribution is -2.47. The van der Waals surface area contributed by atoms with Crippen molar-refractivity contribution < 1.29 is 45.8 Å². The number of fused-ring (bicyclic) bond motifs is 1. The number of benzene rings is 2. The monoisotopic (exact) mass is 736 g/mol. The number of piperidine rings is 1. The second-order valence-corrected chi connectivity index (χ2v) is 15.4. The van der Waals surface area contributed by atoms with Crippen LogP contribution in [-0.4, -0.2) is 105 Å². The van der Waals surface area contributed by atoms with Crippen molar-refractivity contribution in [3.8, 4) is 17.0 Å². The van der Waals surface area contributed by atoms with Crippen molar-refractivity contribution in [2.24, 2.45) is 0 Å². The molecular weight excluding hydrogens is 696 g/mol. The topological polar surface area (TPSA) is 148 Å². The Morgan fingerprint density at radius 1 is 1.06 bits per heavy atom. The molecule has 2 saturated heterocycles. The first kappa shape index (κ1) is 36.7. The van der Waals surface area contributed by atoms with Gasteiger partial charge in [-0.05, 0) is 49.1 Å². The quantitative estimate of drug-likeness (QED) is 0.269. The molecule has 6 rings (SSSR count). The zero-order chi connectivity index (χ0) is 36.7. The van der Waals surface area contributed by atoms with E-state index >= 15 is 0 Å². The minimum atomic E-state index is -4.79. The molecule has 4 heterocycles. The lowest BCUT2D eigenvalue weighted by atomic mass is 9.97. The largest absolute Gasteiger partial charge is 0.507 e. The molecule has 0 bridgehead atoms. The summed E-state index contributed by atoms with van der Waals surface area (Å²) in [4.78, 5) is 29.0. The highest BCUT2D eigenvalue weighted by atomic mass is 32.2. The molecule has 1 atom stereocenters. The number of hydrogen-bond donors (Lipinski definition) is 3. The fourth-order valence-corrected chi connectivity index (χ4v) is 8.07. The van der Waals surface area contributed by atoms with E-state index in [9.17, 15) is 45.8 Å². The minimum Gasteiger partial charge on any atom is -0.507 e. The van der Waals surface area contributed by atoms with Crippen LogP contribution in [-0.2, 0) is 47.0 Å². The smallest absolute Gasteiger partial charge is 0.416 e. The fraction of sp³-hybridized carbons (Fsp3) is 0.500. The summed E-state index contributed by atoms with van der Waals surface area (Å²) in [5.74, 6) is -2.19. The summed E-state index contributed by atoms with van der Waals surface area (Å²) in [6, 6.07) is 6.19. The van der Waals surface area contributed by atoms with E-state index in [2.05, 4.69) is 10.2 Å². The molecule has 3 aliphatic rings. The van der Waals surface area contributed by atoms with Crippen molar-refractivity contribution >= 4 is 21.8 Å². The molecule has 1 aromatic heterocycles. The van der Waals surface area contributed by atoms with Crippen molar-refractivity contribution in [3.05, 3.63) is 70.2 Å². The average Bonchev–Trinajstić information content (AvgIpc) is 3.66. The number of sulfonamides is 1. The second-order valence-electron chi connectivity index (χ2n) is 13.4. The van der Waals surface area contributed by atoms with Crippen LogP contribution in [0.15, 0.2) is 36.4 Å². The van der Waals surface area contributed by atoms with E-state index < -0.39 is 51.9 Å². The van der Waals surface area contributed by atoms with E-state index in [-0.39, 0.29) is 60.4 Å². The molecule has 2 amide bonds. The summed E-state index contributed by atoms with van der Waals surface area (Å²) in [6.07, 6.45) is -1.22. The summed E-state index contributed by atoms with van der Waals surface area (Å²) in [6.45, 7) is 2.11. The predicted molar refractivity (Wildman–Crippen MR) is 177 cm³/mol. The zero-order valence-electron chi connectivity index (χ0n) is 28.0. The highest BCUT2D eigenvalue weighted by Gasteiger charge is 2.36. The van der Waals surface area contributed by atoms with Crippen LogP contribution in [0.1, 0.15) is 58.4 Å². The zero-order valence-corrected chi connectivity index (χ0v) is 28.8. The first-order valence-corrected chi connectivity index (χ1v) is 18.6. The number of alkyl halides is 3. The van der Waals surface area contributed by atoms with E-state index in [1.165, 1.54) is 16.4 Å². The summed E-state index contributed by atoms with van der Waals surface area (Å²) in [7, 11) is -3.62. The van der Waals surface area contributed by atoms with Crippen molar-refractivity contribution in [3.63, 3.8) is 0 Å². The van der Waals surface area contributed by atoms with E-state index in [0.717, 1.165) is 50.3 Å². The van der Waals surface area contributed by atoms with Gasteiger partial charge in [0.25, 0.3) is 5.91 Å². The molecule has 276 valence electrons. The van der Waals surface area contributed by atoms with Crippen LogP contribution in [0.25, 0.3) is 11.3 Å². The highest BCUT2D eigenvalue weighted by molar-refractivity contribution is 7.88. The Hall–Kier alpha value is -4.06. The number of carbonyl (C=O) groups is 2. The Labute approximate surface area is 292 Å². The van der Waals surface area contributed by atoms with E-state index in [0.29, 0.717) is 43.4 Å². The molecule has 3 N–H and O–H groups in total. The maximum absolute atomic E-state index is 14.1. The minimum absolute atomic E-state index is 0.0659. The Bertz CT molecular complexity index is 1910. The van der Waals surface area contributed by atoms with Gasteiger partial charge in [0.1, 0.15) is 11.6 Å². The molecule has 12 nitrogen and oxygen atoms in total. The molecule has 0 saturated carbocycles. The number of nitrogens with one attached hydrogen (secondary N) is 1. The number of aromatic nitrogens is 2. The highest BCUT2D eigenvalue weighted by Crippen LogP contribution is 2.37. The lowest BCUT2D eigenvalue weighted by molar-refractivity contribution is -0.138. The predicted octanol–water partition coefficient (Wildman–Crippen LogP) is 3.11. The summed E-state index contributed by atoms with van der Waals surface area (Å²) in [5, 5.41) is 28.2. The van der Waals surface area contributed by atoms with E-state index in [4.69, 9.17) is 5.10 Å². The van der Waals surface area contributed by atoms with Gasteiger partial charge < -0.3 is 25.3 Å². The van der Waals surface area contributed by atoms with Gasteiger partial charge >= 0.3 is 6.18 Å². The van der Waals surface area contributed by atoms with Crippen molar-refractivity contribution in [2.45, 2.75) is 70.1 Å². The molecule has 0 radical (unpaired) electrons. The van der Waals surface area contributed by atoms with Gasteiger partial charge in [0.05, 0.1) is 35.7 Å². The first-order valence-electron chi connectivity index (χ1n) is 16.8. The molecule has 2 fully saturated rings. The molecule has 0 spiro atoms. The third-order valence-corrected chi connectivity index (χ3v) is 11.1. The van der Waals surface area contributed by atoms with Gasteiger partial charge in [-0.25, -0.2) is 12.8 Å². The maximum atomic E-state index is 14.1. The fourth-order valence-electron chi connectivity index (χ4n) is 7.29. The van der Waals surface area contributed by atoms with E-state index in [1.807, 2.05) is 4.90 Å². The molecule has 17 heteroatoms. The normalized spacial score (nSPS) is 18.6. The Balaban J connectivity index is 1.24. The number of phenolic OH excluding ortho intramolecular Hbond substituents is 1. The van der Waals surface area contributed by atoms with Crippen molar-refractivity contribution in [1.82, 2.24) is 29.2 Å². The van der Waals surface area contributed by atoms with Crippen LogP contribution in [0.2, 0.25) is 0 Å². The molecule has 51 heavy (non-hydrogen) atoms. The summed E-state index contributed by atoms with van der Waals surface area (Å²) < 4.78 is 83.7. The molecule has 3 aliphatic heterocycles. The molecule has 2 aromatic carbocycles. The first-order chi connectivity index (χ1) is 24.1. The van der Waals surface area contributed by atoms with Crippen molar-refractivity contribution in [1.29, 1.82) is 0 Å². The van der Waals surface area contributed by atoms with Gasteiger partial charge in [-0.3, -0.25) is 14.3 Å². The number of β-amino-alcohol motifs (C(OH)–C–C–N with tert-alkyl or cyclic N) is 1. The number of hydrogen-bond acceptors (Lipinski definition) is 8. The number of aliphatic hydroxyl groups is 1. The number of likely N-dealkylation sites (tertiary alicyclic amines) is 2. The van der Waals surface area contributed by atoms with Crippen LogP contribution < -0.4 is 5.32 Å². The van der Waals surface area contributed by atoms with Crippen LogP contribution in [0.5, 0.6) is 5.75 Å². The lowest BCUT2D eigenvalue weighted by Gasteiger charge is -2.37. The molecule has 3 aromatic rings. The van der Waals surface area contributed by atoms with Gasteiger partial charge in [-0.15, -0.1) is 0 Å². The number of halogens is 4. The number of nitrogens with zero attached hydrogens (tertiary/aromatic N) is 5. The second kappa shape index (κ2) is 14.5. The molecule has 1 unspecified atom stereocenters. The van der Waals surface area contributed by atoms with Gasteiger partial charge in [-0.2, -0.15) is 22.6 Å². The van der Waals surface area contributed by atoms with Gasteiger partial charge in [0.2, 0.25) is 15.9 Å². The number of aliphatic hydroxyl groups excluding tert-OH is 1. The standard InChI is InChI=1S/C34H40F4N6O6S/c1-51(49,50)42-14-10-29-27(20-42)32(40-44(29)19-25(45)18-41-12-8-24(9-13-41)43-11-2-3-31(43)47)21-4-7-28(34(36,37)38)22(15-21)17-39-33(48)26-6-5-23(35)16-30(26)46/h4-7,15-16,24-25,45-46H,2-3,8-14,17-20H2,1H3,(H,39,48). The van der Waals surface area contributed by atoms with Crippen LogP contribution >= 0.6 is 0 Å². The van der Waals surface area contributed by atoms with E-state index in [1.54, 1.807) is 4.68 Å². The van der Waals surface area contributed by atoms with Gasteiger partial charge in [-0.1, -0.05) is 6.07 Å². The molecule has 0 aliphatic carbocycles. The van der Waals surface area contributed by atoms with Crippen LogP contribution in [0.4, 0.5) is 17.6 Å². The number of rotatable bonds is 10. The third kappa shape index (κ3) is 8.21. The van der Waals surface area contributed by atoms with Crippen LogP contribution in [0, 0.1) is 5.82 Å². The summed E-state index contributed by atoms with van der Waals surface area (Å²) in [5.41, 5.74) is 0.00815. The Morgan fingerprint density at radius 2 is 1.80 bits per heavy atom. The molecular formula is C34H40F4N6O6S. The number of phenols is 1. The summed E-state index contributed by atoms with van der Waals surface area (Å²) >= 11 is 0. The van der Waals surface area contributed by atoms with Crippen molar-refractivity contribution in [2.75, 3.05) is 39.0 Å². The number of aromatic hydroxyl groups is 1. The van der Waals surface area contributed by atoms with Crippen LogP contribution in [0.3, 0.4) is 0 Å². The Morgan fingerprint density at radius 3 is 2.45 bits per heavy atom. The number of carbonyl (C=O) groups excluding carboxylic acids is 2. The SMILES string of the molecule is CS(=O)(=O)N1CCc2c(c(-c3ccc(C(F)(F)F)c(CNC(=O)c4ccc(F)cc4O)c3)nn2CC(O)CN2CCC(N3CCCC3=O)CC2)C1. The van der Waals surface area contributed by atoms with Gasteiger partial charge in [0, 0.05) is 87.6 Å². The Kier molecular flexibility index (Phi) is 10.5.